The lowest BCUT2D eigenvalue weighted by Gasteiger charge is -2.41. The summed E-state index contributed by atoms with van der Waals surface area (Å²) in [5.74, 6) is 0. The lowest BCUT2D eigenvalue weighted by atomic mass is 9.84. The maximum absolute atomic E-state index is 11.9. The number of nitro groups is 1. The van der Waals surface area contributed by atoms with Gasteiger partial charge in [-0.3, -0.25) is 10.1 Å². The van der Waals surface area contributed by atoms with Gasteiger partial charge in [0.25, 0.3) is 5.69 Å². The topological polar surface area (TPSA) is 86.8 Å². The molecule has 2 aromatic rings. The van der Waals surface area contributed by atoms with Crippen LogP contribution >= 0.6 is 7.36 Å². The minimum Gasteiger partial charge on any atom is -0.379 e. The zero-order valence-electron chi connectivity index (χ0n) is 19.9. The van der Waals surface area contributed by atoms with Crippen molar-refractivity contribution in [2.24, 2.45) is 9.85 Å². The number of morpholine rings is 1. The number of hydrazone groups is 1. The van der Waals surface area contributed by atoms with Crippen molar-refractivity contribution in [1.82, 2.24) is 9.45 Å². The summed E-state index contributed by atoms with van der Waals surface area (Å²) in [6.45, 7) is 6.98. The Bertz CT molecular complexity index is 1260. The summed E-state index contributed by atoms with van der Waals surface area (Å²) < 4.78 is 15.2. The quantitative estimate of drug-likeness (QED) is 0.343. The van der Waals surface area contributed by atoms with E-state index in [9.17, 15) is 10.1 Å². The number of para-hydroxylation sites is 2. The normalized spacial score (nSPS) is 26.1. The molecule has 1 saturated heterocycles. The van der Waals surface area contributed by atoms with Gasteiger partial charge in [0.2, 0.25) is 0 Å². The number of fused-ring (bicyclic) bond motifs is 1. The molecule has 34 heavy (non-hydrogen) atoms. The Balaban J connectivity index is 1.83. The fraction of sp³-hybridized carbons (Fsp3) is 0.375. The van der Waals surface area contributed by atoms with Gasteiger partial charge in [-0.1, -0.05) is 44.2 Å². The molecule has 0 spiro atoms. The molecule has 1 atom stereocenters. The molecule has 0 aliphatic carbocycles. The maximum Gasteiger partial charge on any atom is 0.294 e. The van der Waals surface area contributed by atoms with E-state index in [-0.39, 0.29) is 16.0 Å². The molecule has 3 aliphatic heterocycles. The predicted octanol–water partition coefficient (Wildman–Crippen LogP) is 5.16. The smallest absolute Gasteiger partial charge is 0.294 e. The van der Waals surface area contributed by atoms with Gasteiger partial charge >= 0.3 is 0 Å². The van der Waals surface area contributed by atoms with E-state index >= 15 is 0 Å². The molecule has 5 rings (SSSR count). The van der Waals surface area contributed by atoms with Crippen LogP contribution in [-0.2, 0) is 10.2 Å². The predicted molar refractivity (Wildman–Crippen MR) is 136 cm³/mol. The Kier molecular flexibility index (Phi) is 5.59. The van der Waals surface area contributed by atoms with Crippen molar-refractivity contribution in [3.8, 4) is 0 Å². The summed E-state index contributed by atoms with van der Waals surface area (Å²) in [5, 5.41) is 17.6. The van der Waals surface area contributed by atoms with Crippen molar-refractivity contribution >= 4 is 30.6 Å². The highest BCUT2D eigenvalue weighted by atomic mass is 31.2. The molecule has 0 saturated carbocycles. The minimum atomic E-state index is -2.68. The molecule has 0 N–H and O–H groups in total. The van der Waals surface area contributed by atoms with Gasteiger partial charge in [-0.15, -0.1) is 0 Å². The molecule has 1 fully saturated rings. The van der Waals surface area contributed by atoms with Gasteiger partial charge in [0.15, 0.2) is 7.36 Å². The van der Waals surface area contributed by atoms with Crippen molar-refractivity contribution < 1.29 is 9.66 Å². The minimum absolute atomic E-state index is 0.00195. The second-order valence-electron chi connectivity index (χ2n) is 9.15. The third-order valence-corrected chi connectivity index (χ3v) is 10.5. The largest absolute Gasteiger partial charge is 0.379 e. The second kappa shape index (κ2) is 8.34. The van der Waals surface area contributed by atoms with Crippen LogP contribution in [0.1, 0.15) is 19.4 Å². The van der Waals surface area contributed by atoms with Gasteiger partial charge in [-0.25, -0.2) is 14.2 Å². The molecule has 3 heterocycles. The fourth-order valence-electron chi connectivity index (χ4n) is 5.30. The number of likely N-dealkylation sites (N-methyl/N-ethyl adjacent to an activating group) is 1. The van der Waals surface area contributed by atoms with Gasteiger partial charge in [0, 0.05) is 50.1 Å². The van der Waals surface area contributed by atoms with E-state index in [0.29, 0.717) is 32.0 Å². The molecule has 9 nitrogen and oxygen atoms in total. The first-order valence-corrected chi connectivity index (χ1v) is 13.0. The van der Waals surface area contributed by atoms with E-state index in [4.69, 9.17) is 14.6 Å². The van der Waals surface area contributed by atoms with Gasteiger partial charge in [-0.2, -0.15) is 5.10 Å². The number of benzene rings is 2. The van der Waals surface area contributed by atoms with Crippen molar-refractivity contribution in [2.45, 2.75) is 19.3 Å². The number of nitro benzene ring substituents is 1. The number of anilines is 1. The third kappa shape index (κ3) is 3.30. The monoisotopic (exact) mass is 480 g/mol. The van der Waals surface area contributed by atoms with Gasteiger partial charge in [0.1, 0.15) is 5.69 Å². The lowest BCUT2D eigenvalue weighted by Crippen LogP contribution is -2.37. The first-order valence-electron chi connectivity index (χ1n) is 11.3. The van der Waals surface area contributed by atoms with E-state index in [1.54, 1.807) is 18.2 Å². The number of ether oxygens (including phenoxy) is 1. The van der Waals surface area contributed by atoms with E-state index in [0.717, 1.165) is 16.7 Å². The van der Waals surface area contributed by atoms with Crippen LogP contribution < -0.4 is 4.90 Å². The van der Waals surface area contributed by atoms with Crippen molar-refractivity contribution in [3.63, 3.8) is 0 Å². The summed E-state index contributed by atoms with van der Waals surface area (Å²) in [6, 6.07) is 15.1. The van der Waals surface area contributed by atoms with Gasteiger partial charge in [0.05, 0.1) is 29.7 Å². The SMILES string of the molecule is CN1/C(=C2\C=NN(C)[P@]2(=Nc2ccccc2[N+](=O)[O-])N2CCOCC2)C(C)(C)c2ccccc21. The highest BCUT2D eigenvalue weighted by molar-refractivity contribution is 7.67. The molecule has 0 unspecified atom stereocenters. The van der Waals surface area contributed by atoms with Gasteiger partial charge in [-0.05, 0) is 17.7 Å². The first-order chi connectivity index (χ1) is 16.3. The van der Waals surface area contributed by atoms with Crippen molar-refractivity contribution in [3.05, 3.63) is 75.2 Å². The molecule has 0 bridgehead atoms. The average Bonchev–Trinajstić information content (AvgIpc) is 3.25. The molecule has 0 radical (unpaired) electrons. The fourth-order valence-corrected chi connectivity index (χ4v) is 8.96. The molecule has 0 aromatic heterocycles. The summed E-state index contributed by atoms with van der Waals surface area (Å²) in [7, 11) is 1.33. The van der Waals surface area contributed by atoms with Crippen LogP contribution in [0.4, 0.5) is 17.1 Å². The van der Waals surface area contributed by atoms with Crippen LogP contribution in [0.15, 0.2) is 69.4 Å². The number of hydrogen-bond donors (Lipinski definition) is 0. The Morgan fingerprint density at radius 1 is 1.09 bits per heavy atom. The number of rotatable bonds is 3. The Morgan fingerprint density at radius 3 is 2.47 bits per heavy atom. The summed E-state index contributed by atoms with van der Waals surface area (Å²) in [6.07, 6.45) is 1.92. The molecule has 3 aliphatic rings. The highest BCUT2D eigenvalue weighted by Crippen LogP contribution is 2.69. The lowest BCUT2D eigenvalue weighted by molar-refractivity contribution is -0.384. The Morgan fingerprint density at radius 2 is 1.76 bits per heavy atom. The Labute approximate surface area is 199 Å². The van der Waals surface area contributed by atoms with Crippen LogP contribution in [0.5, 0.6) is 0 Å². The van der Waals surface area contributed by atoms with E-state index < -0.39 is 7.36 Å². The van der Waals surface area contributed by atoms with Crippen LogP contribution in [0.3, 0.4) is 0 Å². The van der Waals surface area contributed by atoms with Crippen molar-refractivity contribution in [1.29, 1.82) is 0 Å². The third-order valence-electron chi connectivity index (χ3n) is 6.89. The summed E-state index contributed by atoms with van der Waals surface area (Å²) >= 11 is 0. The van der Waals surface area contributed by atoms with Crippen LogP contribution in [0.2, 0.25) is 0 Å². The number of nitrogens with zero attached hydrogens (tertiary/aromatic N) is 6. The molecule has 0 amide bonds. The van der Waals surface area contributed by atoms with Crippen molar-refractivity contribution in [2.75, 3.05) is 45.3 Å². The van der Waals surface area contributed by atoms with E-state index in [1.807, 2.05) is 18.0 Å². The maximum atomic E-state index is 11.9. The Hall–Kier alpha value is -3.00. The number of hydrogen-bond acceptors (Lipinski definition) is 6. The first kappa shape index (κ1) is 22.8. The molecular formula is C24H29N6O3P. The van der Waals surface area contributed by atoms with Crippen LogP contribution in [0, 0.1) is 10.1 Å². The summed E-state index contributed by atoms with van der Waals surface area (Å²) in [5.41, 5.74) is 3.62. The molecule has 178 valence electrons. The molecule has 2 aromatic carbocycles. The number of allylic oxidation sites excluding steroid dienone is 2. The highest BCUT2D eigenvalue weighted by Gasteiger charge is 2.48. The molecular weight excluding hydrogens is 451 g/mol. The average molecular weight is 481 g/mol. The molecule has 10 heteroatoms. The van der Waals surface area contributed by atoms with Crippen LogP contribution in [0.25, 0.3) is 0 Å². The van der Waals surface area contributed by atoms with E-state index in [2.05, 4.69) is 54.7 Å². The van der Waals surface area contributed by atoms with Crippen LogP contribution in [-0.4, -0.2) is 61.0 Å². The zero-order chi connectivity index (χ0) is 24.1. The van der Waals surface area contributed by atoms with E-state index in [1.165, 1.54) is 11.6 Å². The second-order valence-corrected chi connectivity index (χ2v) is 12.1. The standard InChI is InChI=1S/C24H29N6O3P/c1-24(2)18-9-5-7-11-20(18)27(3)23(24)22-17-25-28(4)34(22,29-13-15-33-16-14-29)26-19-10-6-8-12-21(19)30(31)32/h5-12,17H,13-16H2,1-4H3/b23-22+/t34-/m0/s1. The summed E-state index contributed by atoms with van der Waals surface area (Å²) in [4.78, 5) is 13.7. The van der Waals surface area contributed by atoms with Gasteiger partial charge < -0.3 is 9.64 Å². The zero-order valence-corrected chi connectivity index (χ0v) is 20.8.